The summed E-state index contributed by atoms with van der Waals surface area (Å²) >= 11 is 0. The lowest BCUT2D eigenvalue weighted by Gasteiger charge is -2.26. The van der Waals surface area contributed by atoms with Gasteiger partial charge in [0.15, 0.2) is 5.96 Å². The van der Waals surface area contributed by atoms with E-state index in [-0.39, 0.29) is 0 Å². The highest BCUT2D eigenvalue weighted by molar-refractivity contribution is 5.96. The molecule has 2 unspecified atom stereocenters. The third-order valence-electron chi connectivity index (χ3n) is 3.95. The Hall–Kier alpha value is -1.51. The quantitative estimate of drug-likeness (QED) is 0.740. The Bertz CT molecular complexity index is 443. The number of hydrogen-bond donors (Lipinski definition) is 1. The van der Waals surface area contributed by atoms with Crippen LogP contribution < -0.4 is 5.32 Å². The van der Waals surface area contributed by atoms with Gasteiger partial charge in [-0.05, 0) is 23.5 Å². The van der Waals surface area contributed by atoms with Crippen molar-refractivity contribution in [1.82, 2.24) is 4.90 Å². The molecule has 2 heterocycles. The average molecular weight is 229 g/mol. The molecule has 3 rings (SSSR count). The Morgan fingerprint density at radius 1 is 1.18 bits per heavy atom. The Labute approximate surface area is 103 Å². The predicted molar refractivity (Wildman–Crippen MR) is 71.1 cm³/mol. The number of hydrogen-bond acceptors (Lipinski definition) is 3. The van der Waals surface area contributed by atoms with Gasteiger partial charge in [0.1, 0.15) is 0 Å². The zero-order valence-corrected chi connectivity index (χ0v) is 10.5. The van der Waals surface area contributed by atoms with E-state index in [4.69, 9.17) is 0 Å². The van der Waals surface area contributed by atoms with Gasteiger partial charge in [-0.3, -0.25) is 0 Å². The minimum atomic E-state index is 0.761. The molecule has 1 saturated heterocycles. The van der Waals surface area contributed by atoms with Gasteiger partial charge in [0.25, 0.3) is 0 Å². The first-order chi connectivity index (χ1) is 8.24. The van der Waals surface area contributed by atoms with E-state index in [1.807, 2.05) is 0 Å². The minimum Gasteiger partial charge on any atom is -0.342 e. The van der Waals surface area contributed by atoms with Crippen LogP contribution in [-0.2, 0) is 6.54 Å². The predicted octanol–water partition coefficient (Wildman–Crippen LogP) is 2.56. The molecule has 3 heteroatoms. The normalized spacial score (nSPS) is 27.4. The fraction of sp³-hybridized carbons (Fsp3) is 0.500. The van der Waals surface area contributed by atoms with Crippen LogP contribution in [0.25, 0.3) is 0 Å². The van der Waals surface area contributed by atoms with Crippen molar-refractivity contribution < 1.29 is 0 Å². The van der Waals surface area contributed by atoms with E-state index in [1.165, 1.54) is 11.3 Å². The molecular formula is C14H19N3. The van der Waals surface area contributed by atoms with Gasteiger partial charge in [0.05, 0.1) is 6.54 Å². The second-order valence-electron chi connectivity index (χ2n) is 5.28. The highest BCUT2D eigenvalue weighted by Crippen LogP contribution is 2.26. The zero-order chi connectivity index (χ0) is 11.8. The van der Waals surface area contributed by atoms with E-state index in [9.17, 15) is 0 Å². The number of nitrogens with one attached hydrogen (secondary N) is 1. The minimum absolute atomic E-state index is 0.761. The van der Waals surface area contributed by atoms with Crippen molar-refractivity contribution in [2.24, 2.45) is 16.8 Å². The molecule has 17 heavy (non-hydrogen) atoms. The molecule has 0 aromatic heterocycles. The summed E-state index contributed by atoms with van der Waals surface area (Å²) in [5.74, 6) is 2.58. The Morgan fingerprint density at radius 2 is 1.88 bits per heavy atom. The summed E-state index contributed by atoms with van der Waals surface area (Å²) in [7, 11) is 0. The van der Waals surface area contributed by atoms with Crippen molar-refractivity contribution in [3.8, 4) is 0 Å². The number of rotatable bonds is 0. The standard InChI is InChI=1S/C14H19N3/c1-10-8-17(9-11(10)2)14-15-7-12-5-3-4-6-13(12)16-14/h3-6,10-11H,7-9H2,1-2H3,(H,15,16). The highest BCUT2D eigenvalue weighted by Gasteiger charge is 2.29. The third kappa shape index (κ3) is 1.90. The van der Waals surface area contributed by atoms with Crippen LogP contribution in [0.3, 0.4) is 0 Å². The summed E-state index contributed by atoms with van der Waals surface area (Å²) in [5.41, 5.74) is 2.50. The maximum absolute atomic E-state index is 4.65. The first kappa shape index (κ1) is 10.6. The lowest BCUT2D eigenvalue weighted by molar-refractivity contribution is 0.489. The van der Waals surface area contributed by atoms with Gasteiger partial charge in [0, 0.05) is 18.8 Å². The van der Waals surface area contributed by atoms with Crippen molar-refractivity contribution in [3.63, 3.8) is 0 Å². The van der Waals surface area contributed by atoms with Gasteiger partial charge in [-0.15, -0.1) is 0 Å². The summed E-state index contributed by atoms with van der Waals surface area (Å²) in [6.45, 7) is 7.69. The molecule has 1 aromatic carbocycles. The van der Waals surface area contributed by atoms with Gasteiger partial charge in [0.2, 0.25) is 0 Å². The Morgan fingerprint density at radius 3 is 2.65 bits per heavy atom. The molecule has 0 amide bonds. The molecule has 1 fully saturated rings. The van der Waals surface area contributed by atoms with E-state index < -0.39 is 0 Å². The lowest BCUT2D eigenvalue weighted by Crippen LogP contribution is -2.36. The van der Waals surface area contributed by atoms with Gasteiger partial charge < -0.3 is 10.2 Å². The van der Waals surface area contributed by atoms with Crippen LogP contribution >= 0.6 is 0 Å². The monoisotopic (exact) mass is 229 g/mol. The van der Waals surface area contributed by atoms with Gasteiger partial charge in [-0.25, -0.2) is 4.99 Å². The second-order valence-corrected chi connectivity index (χ2v) is 5.28. The van der Waals surface area contributed by atoms with Gasteiger partial charge in [-0.2, -0.15) is 0 Å². The molecule has 0 bridgehead atoms. The van der Waals surface area contributed by atoms with E-state index in [0.29, 0.717) is 0 Å². The number of fused-ring (bicyclic) bond motifs is 1. The van der Waals surface area contributed by atoms with Crippen molar-refractivity contribution in [1.29, 1.82) is 0 Å². The summed E-state index contributed by atoms with van der Waals surface area (Å²) in [6.07, 6.45) is 0. The number of likely N-dealkylation sites (tertiary alicyclic amines) is 1. The van der Waals surface area contributed by atoms with Crippen LogP contribution in [0.4, 0.5) is 5.69 Å². The van der Waals surface area contributed by atoms with Crippen molar-refractivity contribution in [2.75, 3.05) is 18.4 Å². The Balaban J connectivity index is 1.78. The van der Waals surface area contributed by atoms with E-state index in [0.717, 1.165) is 37.4 Å². The highest BCUT2D eigenvalue weighted by atomic mass is 15.3. The number of anilines is 1. The zero-order valence-electron chi connectivity index (χ0n) is 10.5. The molecule has 1 N–H and O–H groups in total. The number of aliphatic imine (C=N–C) groups is 1. The maximum atomic E-state index is 4.65. The topological polar surface area (TPSA) is 27.6 Å². The van der Waals surface area contributed by atoms with Gasteiger partial charge in [-0.1, -0.05) is 32.0 Å². The van der Waals surface area contributed by atoms with Crippen LogP contribution in [0.5, 0.6) is 0 Å². The summed E-state index contributed by atoms with van der Waals surface area (Å²) in [6, 6.07) is 8.41. The smallest absolute Gasteiger partial charge is 0.198 e. The maximum Gasteiger partial charge on any atom is 0.198 e. The van der Waals surface area contributed by atoms with Crippen molar-refractivity contribution >= 4 is 11.6 Å². The van der Waals surface area contributed by atoms with Crippen LogP contribution in [0.2, 0.25) is 0 Å². The van der Waals surface area contributed by atoms with E-state index in [1.54, 1.807) is 0 Å². The van der Waals surface area contributed by atoms with Crippen LogP contribution in [-0.4, -0.2) is 23.9 Å². The van der Waals surface area contributed by atoms with Crippen LogP contribution in [0, 0.1) is 11.8 Å². The molecule has 3 nitrogen and oxygen atoms in total. The first-order valence-electron chi connectivity index (χ1n) is 6.38. The lowest BCUT2D eigenvalue weighted by atomic mass is 10.0. The van der Waals surface area contributed by atoms with Crippen molar-refractivity contribution in [2.45, 2.75) is 20.4 Å². The molecule has 0 radical (unpaired) electrons. The van der Waals surface area contributed by atoms with Crippen LogP contribution in [0.1, 0.15) is 19.4 Å². The molecule has 2 atom stereocenters. The number of guanidine groups is 1. The van der Waals surface area contributed by atoms with Crippen LogP contribution in [0.15, 0.2) is 29.3 Å². The van der Waals surface area contributed by atoms with E-state index >= 15 is 0 Å². The largest absolute Gasteiger partial charge is 0.342 e. The summed E-state index contributed by atoms with van der Waals surface area (Å²) in [5, 5.41) is 3.46. The fourth-order valence-corrected chi connectivity index (χ4v) is 2.58. The Kier molecular flexibility index (Phi) is 2.54. The fourth-order valence-electron chi connectivity index (χ4n) is 2.58. The van der Waals surface area contributed by atoms with Crippen molar-refractivity contribution in [3.05, 3.63) is 29.8 Å². The van der Waals surface area contributed by atoms with E-state index in [2.05, 4.69) is 53.3 Å². The second kappa shape index (κ2) is 4.06. The molecule has 0 aliphatic carbocycles. The molecule has 2 aliphatic heterocycles. The summed E-state index contributed by atoms with van der Waals surface area (Å²) in [4.78, 5) is 7.03. The molecular weight excluding hydrogens is 210 g/mol. The number of nitrogens with zero attached hydrogens (tertiary/aromatic N) is 2. The molecule has 90 valence electrons. The SMILES string of the molecule is CC1CN(C2=NCc3ccccc3N2)CC1C. The molecule has 0 saturated carbocycles. The molecule has 2 aliphatic rings. The number of benzene rings is 1. The number of para-hydroxylation sites is 1. The third-order valence-corrected chi connectivity index (χ3v) is 3.95. The summed E-state index contributed by atoms with van der Waals surface area (Å²) < 4.78 is 0. The molecule has 0 spiro atoms. The first-order valence-corrected chi connectivity index (χ1v) is 6.38. The molecule has 1 aromatic rings. The van der Waals surface area contributed by atoms with Gasteiger partial charge >= 0.3 is 0 Å². The average Bonchev–Trinajstić information content (AvgIpc) is 2.69.